The molecule has 0 radical (unpaired) electrons. The van der Waals surface area contributed by atoms with Crippen molar-refractivity contribution in [2.45, 2.75) is 39.3 Å². The minimum atomic E-state index is -0.0837. The zero-order valence-corrected chi connectivity index (χ0v) is 9.94. The molecule has 90 valence electrons. The van der Waals surface area contributed by atoms with E-state index in [0.29, 0.717) is 18.9 Å². The Morgan fingerprint density at radius 3 is 2.88 bits per heavy atom. The SMILES string of the molecule is CCCC(CN)Nc1nccn(CC)c1=O. The van der Waals surface area contributed by atoms with Gasteiger partial charge in [-0.05, 0) is 13.3 Å². The molecule has 1 unspecified atom stereocenters. The highest BCUT2D eigenvalue weighted by Gasteiger charge is 2.09. The van der Waals surface area contributed by atoms with Gasteiger partial charge >= 0.3 is 0 Å². The van der Waals surface area contributed by atoms with Crippen molar-refractivity contribution >= 4 is 5.82 Å². The minimum Gasteiger partial charge on any atom is -0.361 e. The van der Waals surface area contributed by atoms with Gasteiger partial charge in [0.15, 0.2) is 5.82 Å². The van der Waals surface area contributed by atoms with Gasteiger partial charge in [0.2, 0.25) is 0 Å². The summed E-state index contributed by atoms with van der Waals surface area (Å²) in [5, 5.41) is 3.10. The zero-order valence-electron chi connectivity index (χ0n) is 9.94. The Labute approximate surface area is 95.7 Å². The fourth-order valence-corrected chi connectivity index (χ4v) is 1.59. The van der Waals surface area contributed by atoms with Crippen molar-refractivity contribution in [2.75, 3.05) is 11.9 Å². The molecule has 1 atom stereocenters. The van der Waals surface area contributed by atoms with Crippen LogP contribution in [0.2, 0.25) is 0 Å². The Balaban J connectivity index is 2.84. The number of nitrogens with two attached hydrogens (primary N) is 1. The molecular weight excluding hydrogens is 204 g/mol. The van der Waals surface area contributed by atoms with Crippen LogP contribution in [0.5, 0.6) is 0 Å². The molecule has 0 aliphatic carbocycles. The number of hydrogen-bond acceptors (Lipinski definition) is 4. The number of nitrogens with zero attached hydrogens (tertiary/aromatic N) is 2. The Morgan fingerprint density at radius 2 is 2.31 bits per heavy atom. The van der Waals surface area contributed by atoms with Crippen molar-refractivity contribution < 1.29 is 0 Å². The van der Waals surface area contributed by atoms with Crippen LogP contribution in [0.25, 0.3) is 0 Å². The molecule has 0 aliphatic heterocycles. The van der Waals surface area contributed by atoms with Crippen LogP contribution >= 0.6 is 0 Å². The molecule has 1 aromatic rings. The van der Waals surface area contributed by atoms with Crippen LogP contribution in [-0.4, -0.2) is 22.1 Å². The van der Waals surface area contributed by atoms with Crippen LogP contribution in [0, 0.1) is 0 Å². The Morgan fingerprint density at radius 1 is 1.56 bits per heavy atom. The van der Waals surface area contributed by atoms with Gasteiger partial charge in [0.05, 0.1) is 0 Å². The van der Waals surface area contributed by atoms with E-state index in [1.54, 1.807) is 17.0 Å². The lowest BCUT2D eigenvalue weighted by molar-refractivity contribution is 0.639. The van der Waals surface area contributed by atoms with Crippen molar-refractivity contribution in [3.05, 3.63) is 22.7 Å². The van der Waals surface area contributed by atoms with Crippen molar-refractivity contribution in [1.82, 2.24) is 9.55 Å². The van der Waals surface area contributed by atoms with E-state index in [0.717, 1.165) is 12.8 Å². The molecule has 0 amide bonds. The molecule has 1 heterocycles. The van der Waals surface area contributed by atoms with Crippen LogP contribution in [-0.2, 0) is 6.54 Å². The number of nitrogens with one attached hydrogen (secondary N) is 1. The Hall–Kier alpha value is -1.36. The standard InChI is InChI=1S/C11H20N4O/c1-3-5-9(8-12)14-10-11(16)15(4-2)7-6-13-10/h6-7,9H,3-5,8,12H2,1-2H3,(H,13,14). The molecule has 0 saturated heterocycles. The minimum absolute atomic E-state index is 0.0837. The quantitative estimate of drug-likeness (QED) is 0.749. The first-order chi connectivity index (χ1) is 7.72. The van der Waals surface area contributed by atoms with E-state index in [9.17, 15) is 4.79 Å². The highest BCUT2D eigenvalue weighted by atomic mass is 16.1. The van der Waals surface area contributed by atoms with Gasteiger partial charge in [-0.25, -0.2) is 4.98 Å². The van der Waals surface area contributed by atoms with Gasteiger partial charge in [0.25, 0.3) is 5.56 Å². The highest BCUT2D eigenvalue weighted by molar-refractivity contribution is 5.32. The topological polar surface area (TPSA) is 72.9 Å². The summed E-state index contributed by atoms with van der Waals surface area (Å²) in [6, 6.07) is 0.123. The summed E-state index contributed by atoms with van der Waals surface area (Å²) < 4.78 is 1.62. The number of anilines is 1. The molecule has 0 spiro atoms. The van der Waals surface area contributed by atoms with Gasteiger partial charge in [-0.2, -0.15) is 0 Å². The van der Waals surface area contributed by atoms with Crippen LogP contribution in [0.15, 0.2) is 17.2 Å². The summed E-state index contributed by atoms with van der Waals surface area (Å²) in [4.78, 5) is 15.9. The third kappa shape index (κ3) is 3.06. The van der Waals surface area contributed by atoms with E-state index >= 15 is 0 Å². The summed E-state index contributed by atoms with van der Waals surface area (Å²) >= 11 is 0. The molecule has 5 heteroatoms. The lowest BCUT2D eigenvalue weighted by Gasteiger charge is -2.16. The van der Waals surface area contributed by atoms with Crippen molar-refractivity contribution in [2.24, 2.45) is 5.73 Å². The molecule has 3 N–H and O–H groups in total. The van der Waals surface area contributed by atoms with Crippen LogP contribution in [0.1, 0.15) is 26.7 Å². The monoisotopic (exact) mass is 224 g/mol. The smallest absolute Gasteiger partial charge is 0.293 e. The lowest BCUT2D eigenvalue weighted by atomic mass is 10.2. The number of rotatable bonds is 6. The molecule has 0 bridgehead atoms. The van der Waals surface area contributed by atoms with Gasteiger partial charge in [0, 0.05) is 31.5 Å². The van der Waals surface area contributed by atoms with Gasteiger partial charge in [-0.1, -0.05) is 13.3 Å². The van der Waals surface area contributed by atoms with Gasteiger partial charge in [-0.15, -0.1) is 0 Å². The molecule has 1 rings (SSSR count). The maximum absolute atomic E-state index is 11.9. The second-order valence-corrected chi connectivity index (χ2v) is 3.73. The Kier molecular flexibility index (Phi) is 4.98. The predicted molar refractivity (Wildman–Crippen MR) is 65.5 cm³/mol. The van der Waals surface area contributed by atoms with Gasteiger partial charge in [-0.3, -0.25) is 4.79 Å². The third-order valence-corrected chi connectivity index (χ3v) is 2.52. The zero-order chi connectivity index (χ0) is 12.0. The maximum atomic E-state index is 11.9. The van der Waals surface area contributed by atoms with E-state index in [-0.39, 0.29) is 11.6 Å². The molecule has 0 saturated carbocycles. The molecule has 5 nitrogen and oxygen atoms in total. The van der Waals surface area contributed by atoms with E-state index in [4.69, 9.17) is 5.73 Å². The molecular formula is C11H20N4O. The second-order valence-electron chi connectivity index (χ2n) is 3.73. The van der Waals surface area contributed by atoms with Gasteiger partial charge < -0.3 is 15.6 Å². The summed E-state index contributed by atoms with van der Waals surface area (Å²) in [7, 11) is 0. The number of hydrogen-bond donors (Lipinski definition) is 2. The number of aromatic nitrogens is 2. The van der Waals surface area contributed by atoms with Gasteiger partial charge in [0.1, 0.15) is 0 Å². The molecule has 0 fully saturated rings. The first kappa shape index (κ1) is 12.7. The van der Waals surface area contributed by atoms with Crippen molar-refractivity contribution in [3.8, 4) is 0 Å². The molecule has 1 aromatic heterocycles. The molecule has 0 aliphatic rings. The number of aryl methyl sites for hydroxylation is 1. The molecule has 0 aromatic carbocycles. The lowest BCUT2D eigenvalue weighted by Crippen LogP contribution is -2.33. The van der Waals surface area contributed by atoms with Crippen molar-refractivity contribution in [1.29, 1.82) is 0 Å². The van der Waals surface area contributed by atoms with Crippen LogP contribution < -0.4 is 16.6 Å². The normalized spacial score (nSPS) is 12.4. The highest BCUT2D eigenvalue weighted by Crippen LogP contribution is 2.02. The third-order valence-electron chi connectivity index (χ3n) is 2.52. The Bertz CT molecular complexity index is 374. The fourth-order valence-electron chi connectivity index (χ4n) is 1.59. The predicted octanol–water partition coefficient (Wildman–Crippen LogP) is 0.802. The van der Waals surface area contributed by atoms with E-state index in [1.807, 2.05) is 6.92 Å². The van der Waals surface area contributed by atoms with Crippen LogP contribution in [0.3, 0.4) is 0 Å². The summed E-state index contributed by atoms with van der Waals surface area (Å²) in [6.07, 6.45) is 5.29. The van der Waals surface area contributed by atoms with E-state index in [1.165, 1.54) is 0 Å². The largest absolute Gasteiger partial charge is 0.361 e. The van der Waals surface area contributed by atoms with E-state index in [2.05, 4.69) is 17.2 Å². The summed E-state index contributed by atoms with van der Waals surface area (Å²) in [6.45, 7) is 5.18. The molecule has 16 heavy (non-hydrogen) atoms. The average molecular weight is 224 g/mol. The van der Waals surface area contributed by atoms with Crippen LogP contribution in [0.4, 0.5) is 5.82 Å². The van der Waals surface area contributed by atoms with E-state index < -0.39 is 0 Å². The first-order valence-corrected chi connectivity index (χ1v) is 5.74. The average Bonchev–Trinajstić information content (AvgIpc) is 2.31. The maximum Gasteiger partial charge on any atom is 0.293 e. The first-order valence-electron chi connectivity index (χ1n) is 5.74. The van der Waals surface area contributed by atoms with Crippen molar-refractivity contribution in [3.63, 3.8) is 0 Å². The summed E-state index contributed by atoms with van der Waals surface area (Å²) in [5.41, 5.74) is 5.54. The second kappa shape index (κ2) is 6.27. The summed E-state index contributed by atoms with van der Waals surface area (Å²) in [5.74, 6) is 0.397. The fraction of sp³-hybridized carbons (Fsp3) is 0.636.